The molecule has 0 radical (unpaired) electrons. The topological polar surface area (TPSA) is 50.4 Å². The van der Waals surface area contributed by atoms with E-state index in [9.17, 15) is 13.6 Å². The van der Waals surface area contributed by atoms with E-state index in [1.54, 1.807) is 19.2 Å². The first-order valence-electron chi connectivity index (χ1n) is 4.61. The van der Waals surface area contributed by atoms with Gasteiger partial charge in [-0.1, -0.05) is 12.1 Å². The minimum absolute atomic E-state index is 0.0537. The number of nitrogens with one attached hydrogen (secondary N) is 2. The smallest absolute Gasteiger partial charge is 0.387 e. The molecule has 0 atom stereocenters. The van der Waals surface area contributed by atoms with Crippen LogP contribution in [0, 0.1) is 0 Å². The van der Waals surface area contributed by atoms with Gasteiger partial charge in [-0.05, 0) is 19.2 Å². The molecule has 0 aliphatic rings. The fourth-order valence-corrected chi connectivity index (χ4v) is 1.12. The molecule has 0 saturated heterocycles. The van der Waals surface area contributed by atoms with Gasteiger partial charge in [0.25, 0.3) is 0 Å². The third kappa shape index (κ3) is 3.82. The maximum absolute atomic E-state index is 12.0. The molecule has 1 amide bonds. The number of rotatable bonds is 5. The summed E-state index contributed by atoms with van der Waals surface area (Å²) < 4.78 is 28.3. The van der Waals surface area contributed by atoms with Gasteiger partial charge in [-0.2, -0.15) is 8.78 Å². The molecular formula is C10H12F2N2O2. The standard InChI is InChI=1S/C10H12F2N2O2/c1-13-6-9(15)14-7-4-2-3-5-8(7)16-10(11)12/h2-5,10,13H,6H2,1H3,(H,14,15). The molecule has 1 aromatic rings. The van der Waals surface area contributed by atoms with Crippen molar-refractivity contribution in [2.45, 2.75) is 6.61 Å². The zero-order valence-electron chi connectivity index (χ0n) is 8.67. The number of carbonyl (C=O) groups excluding carboxylic acids is 1. The molecule has 0 heterocycles. The molecule has 0 fully saturated rings. The van der Waals surface area contributed by atoms with E-state index in [2.05, 4.69) is 15.4 Å². The number of benzene rings is 1. The van der Waals surface area contributed by atoms with Gasteiger partial charge in [-0.25, -0.2) is 0 Å². The monoisotopic (exact) mass is 230 g/mol. The Morgan fingerprint density at radius 2 is 2.12 bits per heavy atom. The Morgan fingerprint density at radius 1 is 1.44 bits per heavy atom. The molecule has 0 aliphatic heterocycles. The van der Waals surface area contributed by atoms with Crippen molar-refractivity contribution in [2.24, 2.45) is 0 Å². The third-order valence-electron chi connectivity index (χ3n) is 1.71. The van der Waals surface area contributed by atoms with E-state index in [-0.39, 0.29) is 23.9 Å². The second kappa shape index (κ2) is 6.02. The molecule has 6 heteroatoms. The summed E-state index contributed by atoms with van der Waals surface area (Å²) in [5.41, 5.74) is 0.225. The van der Waals surface area contributed by atoms with Crippen molar-refractivity contribution in [3.8, 4) is 5.75 Å². The minimum atomic E-state index is -2.91. The first kappa shape index (κ1) is 12.4. The van der Waals surface area contributed by atoms with E-state index < -0.39 is 6.61 Å². The number of anilines is 1. The van der Waals surface area contributed by atoms with Crippen LogP contribution in [0.1, 0.15) is 0 Å². The average molecular weight is 230 g/mol. The Balaban J connectivity index is 2.74. The zero-order valence-corrected chi connectivity index (χ0v) is 8.67. The first-order chi connectivity index (χ1) is 7.63. The van der Waals surface area contributed by atoms with Crippen molar-refractivity contribution < 1.29 is 18.3 Å². The largest absolute Gasteiger partial charge is 0.433 e. The first-order valence-corrected chi connectivity index (χ1v) is 4.61. The fourth-order valence-electron chi connectivity index (χ4n) is 1.12. The summed E-state index contributed by atoms with van der Waals surface area (Å²) in [5.74, 6) is -0.380. The lowest BCUT2D eigenvalue weighted by molar-refractivity contribution is -0.115. The lowest BCUT2D eigenvalue weighted by Gasteiger charge is -2.11. The lowest BCUT2D eigenvalue weighted by atomic mass is 10.3. The minimum Gasteiger partial charge on any atom is -0.433 e. The molecule has 0 bridgehead atoms. The van der Waals surface area contributed by atoms with Gasteiger partial charge in [0.2, 0.25) is 5.91 Å². The number of carbonyl (C=O) groups is 1. The van der Waals surface area contributed by atoms with Gasteiger partial charge in [-0.15, -0.1) is 0 Å². The molecule has 0 aliphatic carbocycles. The van der Waals surface area contributed by atoms with Crippen LogP contribution < -0.4 is 15.4 Å². The Kier molecular flexibility index (Phi) is 4.65. The zero-order chi connectivity index (χ0) is 12.0. The predicted octanol–water partition coefficient (Wildman–Crippen LogP) is 1.45. The molecule has 0 saturated carbocycles. The van der Waals surface area contributed by atoms with Crippen molar-refractivity contribution >= 4 is 11.6 Å². The summed E-state index contributed by atoms with van der Waals surface area (Å²) in [6.45, 7) is -2.81. The fraction of sp³-hybridized carbons (Fsp3) is 0.300. The van der Waals surface area contributed by atoms with E-state index in [1.807, 2.05) is 0 Å². The van der Waals surface area contributed by atoms with E-state index in [1.165, 1.54) is 12.1 Å². The van der Waals surface area contributed by atoms with Gasteiger partial charge in [-0.3, -0.25) is 4.79 Å². The maximum atomic E-state index is 12.0. The van der Waals surface area contributed by atoms with Crippen LogP contribution in [-0.4, -0.2) is 26.1 Å². The van der Waals surface area contributed by atoms with Crippen LogP contribution in [0.25, 0.3) is 0 Å². The van der Waals surface area contributed by atoms with E-state index in [0.717, 1.165) is 0 Å². The van der Waals surface area contributed by atoms with Crippen LogP contribution in [-0.2, 0) is 4.79 Å². The summed E-state index contributed by atoms with van der Waals surface area (Å²) in [4.78, 5) is 11.2. The number of hydrogen-bond acceptors (Lipinski definition) is 3. The van der Waals surface area contributed by atoms with Gasteiger partial charge in [0, 0.05) is 0 Å². The highest BCUT2D eigenvalue weighted by molar-refractivity contribution is 5.93. The number of amides is 1. The molecule has 88 valence electrons. The molecule has 0 aromatic heterocycles. The van der Waals surface area contributed by atoms with Crippen LogP contribution >= 0.6 is 0 Å². The summed E-state index contributed by atoms with van der Waals surface area (Å²) in [7, 11) is 1.61. The van der Waals surface area contributed by atoms with E-state index in [0.29, 0.717) is 0 Å². The Bertz CT molecular complexity index is 358. The van der Waals surface area contributed by atoms with Crippen LogP contribution in [0.2, 0.25) is 0 Å². The normalized spacial score (nSPS) is 10.2. The Morgan fingerprint density at radius 3 is 2.75 bits per heavy atom. The number of hydrogen-bond donors (Lipinski definition) is 2. The van der Waals surface area contributed by atoms with Crippen molar-refractivity contribution in [1.82, 2.24) is 5.32 Å². The SMILES string of the molecule is CNCC(=O)Nc1ccccc1OC(F)F. The second-order valence-electron chi connectivity index (χ2n) is 2.95. The number of para-hydroxylation sites is 2. The van der Waals surface area contributed by atoms with Crippen LogP contribution in [0.5, 0.6) is 5.75 Å². The van der Waals surface area contributed by atoms with Crippen molar-refractivity contribution in [1.29, 1.82) is 0 Å². The molecule has 0 unspecified atom stereocenters. The van der Waals surface area contributed by atoms with Crippen LogP contribution in [0.15, 0.2) is 24.3 Å². The molecule has 0 spiro atoms. The van der Waals surface area contributed by atoms with Gasteiger partial charge in [0.15, 0.2) is 0 Å². The molecule has 1 aromatic carbocycles. The average Bonchev–Trinajstić information content (AvgIpc) is 2.20. The summed E-state index contributed by atoms with van der Waals surface area (Å²) in [5, 5.41) is 5.10. The van der Waals surface area contributed by atoms with Gasteiger partial charge < -0.3 is 15.4 Å². The third-order valence-corrected chi connectivity index (χ3v) is 1.71. The van der Waals surface area contributed by atoms with Gasteiger partial charge in [0.05, 0.1) is 12.2 Å². The molecule has 16 heavy (non-hydrogen) atoms. The van der Waals surface area contributed by atoms with Crippen molar-refractivity contribution in [3.63, 3.8) is 0 Å². The Labute approximate surface area is 91.6 Å². The Hall–Kier alpha value is -1.69. The quantitative estimate of drug-likeness (QED) is 0.804. The highest BCUT2D eigenvalue weighted by atomic mass is 19.3. The number of alkyl halides is 2. The highest BCUT2D eigenvalue weighted by Gasteiger charge is 2.10. The maximum Gasteiger partial charge on any atom is 0.387 e. The van der Waals surface area contributed by atoms with Gasteiger partial charge >= 0.3 is 6.61 Å². The summed E-state index contributed by atoms with van der Waals surface area (Å²) >= 11 is 0. The lowest BCUT2D eigenvalue weighted by Crippen LogP contribution is -2.25. The number of likely N-dealkylation sites (N-methyl/N-ethyl adjacent to an activating group) is 1. The second-order valence-corrected chi connectivity index (χ2v) is 2.95. The van der Waals surface area contributed by atoms with Crippen LogP contribution in [0.4, 0.5) is 14.5 Å². The molecule has 1 rings (SSSR count). The summed E-state index contributed by atoms with van der Waals surface area (Å²) in [6.07, 6.45) is 0. The van der Waals surface area contributed by atoms with Crippen molar-refractivity contribution in [3.05, 3.63) is 24.3 Å². The predicted molar refractivity (Wildman–Crippen MR) is 55.6 cm³/mol. The molecular weight excluding hydrogens is 218 g/mol. The van der Waals surface area contributed by atoms with E-state index in [4.69, 9.17) is 0 Å². The number of halogens is 2. The number of ether oxygens (including phenoxy) is 1. The summed E-state index contributed by atoms with van der Waals surface area (Å²) in [6, 6.07) is 6.02. The van der Waals surface area contributed by atoms with Crippen molar-refractivity contribution in [2.75, 3.05) is 18.9 Å². The van der Waals surface area contributed by atoms with E-state index >= 15 is 0 Å². The molecule has 4 nitrogen and oxygen atoms in total. The van der Waals surface area contributed by atoms with Gasteiger partial charge in [0.1, 0.15) is 5.75 Å². The highest BCUT2D eigenvalue weighted by Crippen LogP contribution is 2.25. The van der Waals surface area contributed by atoms with Crippen LogP contribution in [0.3, 0.4) is 0 Å². The molecule has 2 N–H and O–H groups in total.